The van der Waals surface area contributed by atoms with Crippen LogP contribution in [0, 0.1) is 0 Å². The lowest BCUT2D eigenvalue weighted by molar-refractivity contribution is 0.0192. The molecule has 0 aliphatic rings. The minimum absolute atomic E-state index is 0.108. The third kappa shape index (κ3) is 6.44. The van der Waals surface area contributed by atoms with Crippen molar-refractivity contribution >= 4 is 17.4 Å². The number of thiazole rings is 1. The molecule has 0 bridgehead atoms. The average molecular weight is 313 g/mol. The first-order valence-electron chi connectivity index (χ1n) is 7.32. The number of amides is 1. The lowest BCUT2D eigenvalue weighted by atomic mass is 10.2. The van der Waals surface area contributed by atoms with Crippen molar-refractivity contribution in [3.63, 3.8) is 0 Å². The Labute approximate surface area is 131 Å². The number of aromatic nitrogens is 1. The Balaban J connectivity index is 2.46. The highest BCUT2D eigenvalue weighted by Gasteiger charge is 2.23. The maximum atomic E-state index is 12.2. The number of rotatable bonds is 6. The van der Waals surface area contributed by atoms with Crippen molar-refractivity contribution in [3.05, 3.63) is 16.6 Å². The second-order valence-corrected chi connectivity index (χ2v) is 7.08. The molecule has 1 unspecified atom stereocenters. The van der Waals surface area contributed by atoms with E-state index < -0.39 is 5.60 Å². The Morgan fingerprint density at radius 2 is 2.10 bits per heavy atom. The molecule has 6 heteroatoms. The zero-order valence-electron chi connectivity index (χ0n) is 13.8. The van der Waals surface area contributed by atoms with Crippen LogP contribution in [-0.2, 0) is 4.74 Å². The van der Waals surface area contributed by atoms with Gasteiger partial charge in [0.15, 0.2) is 0 Å². The molecule has 5 nitrogen and oxygen atoms in total. The Bertz CT molecular complexity index is 427. The van der Waals surface area contributed by atoms with Gasteiger partial charge in [-0.1, -0.05) is 0 Å². The minimum Gasteiger partial charge on any atom is -0.444 e. The van der Waals surface area contributed by atoms with E-state index in [1.54, 1.807) is 16.2 Å². The van der Waals surface area contributed by atoms with E-state index in [1.165, 1.54) is 0 Å². The molecule has 1 N–H and O–H groups in total. The van der Waals surface area contributed by atoms with Crippen LogP contribution in [0.1, 0.15) is 53.3 Å². The quantitative estimate of drug-likeness (QED) is 0.874. The molecule has 0 aliphatic heterocycles. The van der Waals surface area contributed by atoms with Crippen LogP contribution >= 0.6 is 11.3 Å². The van der Waals surface area contributed by atoms with Gasteiger partial charge in [0.2, 0.25) is 0 Å². The summed E-state index contributed by atoms with van der Waals surface area (Å²) >= 11 is 1.59. The average Bonchev–Trinajstić information content (AvgIpc) is 2.85. The minimum atomic E-state index is -0.467. The fraction of sp³-hybridized carbons (Fsp3) is 0.733. The van der Waals surface area contributed by atoms with E-state index in [0.717, 1.165) is 5.69 Å². The number of carbonyl (C=O) groups is 1. The molecular weight excluding hydrogens is 286 g/mol. The normalized spacial score (nSPS) is 13.3. The van der Waals surface area contributed by atoms with Crippen molar-refractivity contribution in [1.29, 1.82) is 0 Å². The Kier molecular flexibility index (Phi) is 6.61. The van der Waals surface area contributed by atoms with Gasteiger partial charge in [0, 0.05) is 30.6 Å². The third-order valence-electron chi connectivity index (χ3n) is 2.95. The molecule has 0 radical (unpaired) electrons. The van der Waals surface area contributed by atoms with Gasteiger partial charge in [-0.2, -0.15) is 0 Å². The maximum absolute atomic E-state index is 12.2. The molecule has 1 atom stereocenters. The molecule has 1 aromatic heterocycles. The predicted octanol–water partition coefficient (Wildman–Crippen LogP) is 3.44. The second kappa shape index (κ2) is 7.75. The van der Waals surface area contributed by atoms with Crippen LogP contribution in [0.4, 0.5) is 4.79 Å². The van der Waals surface area contributed by atoms with E-state index in [0.29, 0.717) is 13.1 Å². The SMILES string of the molecule is CC(NCCN(C(=O)OC(C)(C)C)C(C)C)c1cscn1. The van der Waals surface area contributed by atoms with Gasteiger partial charge >= 0.3 is 6.09 Å². The van der Waals surface area contributed by atoms with E-state index in [9.17, 15) is 4.79 Å². The highest BCUT2D eigenvalue weighted by Crippen LogP contribution is 2.13. The highest BCUT2D eigenvalue weighted by molar-refractivity contribution is 7.07. The van der Waals surface area contributed by atoms with E-state index in [4.69, 9.17) is 4.74 Å². The summed E-state index contributed by atoms with van der Waals surface area (Å²) in [6, 6.07) is 0.292. The van der Waals surface area contributed by atoms with Gasteiger partial charge in [0.05, 0.1) is 11.2 Å². The van der Waals surface area contributed by atoms with Gasteiger partial charge in [-0.15, -0.1) is 11.3 Å². The molecule has 0 spiro atoms. The van der Waals surface area contributed by atoms with Crippen molar-refractivity contribution in [2.24, 2.45) is 0 Å². The van der Waals surface area contributed by atoms with Gasteiger partial charge in [-0.25, -0.2) is 9.78 Å². The zero-order valence-corrected chi connectivity index (χ0v) is 14.7. The summed E-state index contributed by atoms with van der Waals surface area (Å²) in [7, 11) is 0. The fourth-order valence-corrected chi connectivity index (χ4v) is 2.47. The first-order chi connectivity index (χ1) is 9.70. The number of hydrogen-bond donors (Lipinski definition) is 1. The van der Waals surface area contributed by atoms with Gasteiger partial charge in [0.1, 0.15) is 5.60 Å². The first kappa shape index (κ1) is 17.9. The topological polar surface area (TPSA) is 54.5 Å². The van der Waals surface area contributed by atoms with Crippen molar-refractivity contribution < 1.29 is 9.53 Å². The Morgan fingerprint density at radius 3 is 2.57 bits per heavy atom. The van der Waals surface area contributed by atoms with Crippen LogP contribution in [0.25, 0.3) is 0 Å². The summed E-state index contributed by atoms with van der Waals surface area (Å²) in [5.74, 6) is 0. The van der Waals surface area contributed by atoms with Gasteiger partial charge in [-0.3, -0.25) is 0 Å². The second-order valence-electron chi connectivity index (χ2n) is 6.36. The molecule has 1 rings (SSSR count). The Morgan fingerprint density at radius 1 is 1.43 bits per heavy atom. The van der Waals surface area contributed by atoms with Crippen LogP contribution in [0.3, 0.4) is 0 Å². The molecule has 21 heavy (non-hydrogen) atoms. The Hall–Kier alpha value is -1.14. The van der Waals surface area contributed by atoms with E-state index in [1.807, 2.05) is 45.5 Å². The smallest absolute Gasteiger partial charge is 0.410 e. The molecule has 0 saturated heterocycles. The monoisotopic (exact) mass is 313 g/mol. The largest absolute Gasteiger partial charge is 0.444 e. The number of nitrogens with one attached hydrogen (secondary N) is 1. The van der Waals surface area contributed by atoms with Crippen molar-refractivity contribution in [2.75, 3.05) is 13.1 Å². The van der Waals surface area contributed by atoms with Gasteiger partial charge < -0.3 is 15.0 Å². The van der Waals surface area contributed by atoms with Crippen molar-refractivity contribution in [1.82, 2.24) is 15.2 Å². The predicted molar refractivity (Wildman–Crippen MR) is 86.6 cm³/mol. The molecule has 120 valence electrons. The number of hydrogen-bond acceptors (Lipinski definition) is 5. The molecule has 1 heterocycles. The van der Waals surface area contributed by atoms with E-state index >= 15 is 0 Å². The van der Waals surface area contributed by atoms with Crippen molar-refractivity contribution in [3.8, 4) is 0 Å². The molecular formula is C15H27N3O2S. The molecule has 1 aromatic rings. The number of ether oxygens (including phenoxy) is 1. The lowest BCUT2D eigenvalue weighted by Crippen LogP contribution is -2.44. The fourth-order valence-electron chi connectivity index (χ4n) is 1.82. The third-order valence-corrected chi connectivity index (χ3v) is 3.55. The summed E-state index contributed by atoms with van der Waals surface area (Å²) in [6.45, 7) is 13.0. The lowest BCUT2D eigenvalue weighted by Gasteiger charge is -2.30. The molecule has 0 aromatic carbocycles. The van der Waals surface area contributed by atoms with E-state index in [2.05, 4.69) is 17.2 Å². The summed E-state index contributed by atoms with van der Waals surface area (Å²) in [5.41, 5.74) is 2.40. The van der Waals surface area contributed by atoms with Crippen LogP contribution in [0.2, 0.25) is 0 Å². The molecule has 0 fully saturated rings. The van der Waals surface area contributed by atoms with Gasteiger partial charge in [-0.05, 0) is 41.5 Å². The molecule has 0 aliphatic carbocycles. The van der Waals surface area contributed by atoms with Crippen LogP contribution in [-0.4, -0.2) is 40.7 Å². The summed E-state index contributed by atoms with van der Waals surface area (Å²) < 4.78 is 5.44. The van der Waals surface area contributed by atoms with E-state index in [-0.39, 0.29) is 18.2 Å². The summed E-state index contributed by atoms with van der Waals surface area (Å²) in [6.07, 6.45) is -0.263. The van der Waals surface area contributed by atoms with Crippen LogP contribution < -0.4 is 5.32 Å². The molecule has 1 amide bonds. The standard InChI is InChI=1S/C15H27N3O2S/c1-11(2)18(14(19)20-15(4,5)6)8-7-16-12(3)13-9-21-10-17-13/h9-12,16H,7-8H2,1-6H3. The van der Waals surface area contributed by atoms with Crippen LogP contribution in [0.15, 0.2) is 10.9 Å². The highest BCUT2D eigenvalue weighted by atomic mass is 32.1. The van der Waals surface area contributed by atoms with Crippen LogP contribution in [0.5, 0.6) is 0 Å². The van der Waals surface area contributed by atoms with Gasteiger partial charge in [0.25, 0.3) is 0 Å². The number of nitrogens with zero attached hydrogens (tertiary/aromatic N) is 2. The zero-order chi connectivity index (χ0) is 16.0. The molecule has 0 saturated carbocycles. The number of carbonyl (C=O) groups excluding carboxylic acids is 1. The van der Waals surface area contributed by atoms with Crippen molar-refractivity contribution in [2.45, 2.75) is 59.2 Å². The summed E-state index contributed by atoms with van der Waals surface area (Å²) in [5, 5.41) is 5.42. The maximum Gasteiger partial charge on any atom is 0.410 e. The summed E-state index contributed by atoms with van der Waals surface area (Å²) in [4.78, 5) is 18.2. The first-order valence-corrected chi connectivity index (χ1v) is 8.26.